The van der Waals surface area contributed by atoms with Crippen molar-refractivity contribution in [2.75, 3.05) is 0 Å². The zero-order chi connectivity index (χ0) is 25.4. The Morgan fingerprint density at radius 2 is 1.60 bits per heavy atom. The quantitative estimate of drug-likeness (QED) is 0.389. The van der Waals surface area contributed by atoms with Crippen LogP contribution in [0.2, 0.25) is 5.02 Å². The molecule has 0 bridgehead atoms. The predicted molar refractivity (Wildman–Crippen MR) is 136 cm³/mol. The third kappa shape index (κ3) is 4.73. The number of benzene rings is 3. The maximum absolute atomic E-state index is 12.5. The van der Waals surface area contributed by atoms with Crippen molar-refractivity contribution in [3.8, 4) is 22.8 Å². The number of rotatable bonds is 5. The minimum absolute atomic E-state index is 0.103. The third-order valence-corrected chi connectivity index (χ3v) is 6.15. The number of amides is 1. The molecule has 1 atom stereocenters. The molecule has 0 aliphatic rings. The molecule has 1 unspecified atom stereocenters. The predicted octanol–water partition coefficient (Wildman–Crippen LogP) is 4.17. The second-order valence-corrected chi connectivity index (χ2v) is 9.70. The molecular formula is C27H25ClN4O3. The second-order valence-electron chi connectivity index (χ2n) is 9.29. The summed E-state index contributed by atoms with van der Waals surface area (Å²) in [4.78, 5) is 36.1. The molecule has 178 valence electrons. The van der Waals surface area contributed by atoms with Crippen molar-refractivity contribution >= 4 is 17.5 Å². The molecule has 7 nitrogen and oxygen atoms in total. The largest absolute Gasteiger partial charge is 0.372 e. The van der Waals surface area contributed by atoms with Gasteiger partial charge in [-0.25, -0.2) is 9.78 Å². The van der Waals surface area contributed by atoms with E-state index >= 15 is 0 Å². The Bertz CT molecular complexity index is 1460. The first-order chi connectivity index (χ1) is 16.5. The van der Waals surface area contributed by atoms with Crippen molar-refractivity contribution in [2.45, 2.75) is 31.8 Å². The molecule has 4 N–H and O–H groups in total. The Morgan fingerprint density at radius 3 is 2.26 bits per heavy atom. The fraction of sp³-hybridized carbons (Fsp3) is 0.185. The Kier molecular flexibility index (Phi) is 6.32. The fourth-order valence-corrected chi connectivity index (χ4v) is 4.04. The molecule has 1 amide bonds. The molecule has 0 saturated heterocycles. The Hall–Kier alpha value is -3.81. The second kappa shape index (κ2) is 9.09. The van der Waals surface area contributed by atoms with Crippen molar-refractivity contribution in [2.24, 2.45) is 5.73 Å². The van der Waals surface area contributed by atoms with Crippen molar-refractivity contribution in [3.05, 3.63) is 105 Å². The summed E-state index contributed by atoms with van der Waals surface area (Å²) < 4.78 is 0. The lowest BCUT2D eigenvalue weighted by Crippen LogP contribution is -2.42. The Morgan fingerprint density at radius 1 is 0.914 bits per heavy atom. The van der Waals surface area contributed by atoms with Crippen LogP contribution in [0.5, 0.6) is 0 Å². The first-order valence-corrected chi connectivity index (χ1v) is 11.4. The molecule has 4 rings (SSSR count). The van der Waals surface area contributed by atoms with Gasteiger partial charge in [0.05, 0.1) is 5.02 Å². The van der Waals surface area contributed by atoms with Gasteiger partial charge in [0.15, 0.2) is 11.4 Å². The monoisotopic (exact) mass is 488 g/mol. The van der Waals surface area contributed by atoms with Gasteiger partial charge in [-0.15, -0.1) is 0 Å². The number of carbonyl (C=O) groups excluding carboxylic acids is 1. The van der Waals surface area contributed by atoms with E-state index in [1.54, 1.807) is 30.3 Å². The number of primary amides is 1. The lowest BCUT2D eigenvalue weighted by Gasteiger charge is -2.26. The number of hydrogen-bond donors (Lipinski definition) is 3. The number of hydrogen-bond acceptors (Lipinski definition) is 5. The molecular weight excluding hydrogens is 464 g/mol. The van der Waals surface area contributed by atoms with E-state index in [1.807, 2.05) is 24.3 Å². The molecule has 3 aromatic carbocycles. The summed E-state index contributed by atoms with van der Waals surface area (Å²) in [5, 5.41) is 11.6. The molecule has 8 heteroatoms. The van der Waals surface area contributed by atoms with E-state index in [9.17, 15) is 14.7 Å². The van der Waals surface area contributed by atoms with Crippen LogP contribution in [0, 0.1) is 0 Å². The fourth-order valence-electron chi connectivity index (χ4n) is 3.83. The average molecular weight is 489 g/mol. The lowest BCUT2D eigenvalue weighted by molar-refractivity contribution is -0.133. The zero-order valence-corrected chi connectivity index (χ0v) is 20.3. The normalized spacial score (nSPS) is 13.3. The molecule has 1 heterocycles. The van der Waals surface area contributed by atoms with Crippen molar-refractivity contribution in [1.82, 2.24) is 15.0 Å². The molecule has 1 aromatic heterocycles. The number of nitrogens with two attached hydrogens (primary N) is 1. The van der Waals surface area contributed by atoms with Gasteiger partial charge in [0.25, 0.3) is 5.91 Å². The molecule has 0 aliphatic carbocycles. The van der Waals surface area contributed by atoms with Crippen LogP contribution in [0.1, 0.15) is 37.5 Å². The minimum atomic E-state index is -2.11. The lowest BCUT2D eigenvalue weighted by atomic mass is 9.85. The van der Waals surface area contributed by atoms with Crippen molar-refractivity contribution in [1.29, 1.82) is 0 Å². The first kappa shape index (κ1) is 24.3. The van der Waals surface area contributed by atoms with Crippen LogP contribution in [0.3, 0.4) is 0 Å². The van der Waals surface area contributed by atoms with Crippen LogP contribution < -0.4 is 11.4 Å². The van der Waals surface area contributed by atoms with Crippen LogP contribution >= 0.6 is 11.6 Å². The SMILES string of the molecule is CC(C)(C)c1cccc(-c2nc(-c3cc(C(O)(C(N)=O)c4ccccc4)ccc3Cl)[nH]c(=O)n2)c1. The standard InChI is InChI=1S/C27H25ClN4O3/c1-26(2,3)18-11-7-8-16(14-18)22-30-23(32-25(34)31-22)20-15-19(12-13-21(20)28)27(35,24(29)33)17-9-5-4-6-10-17/h4-15,35H,1-3H3,(H2,29,33)(H,30,31,32,34). The zero-order valence-electron chi connectivity index (χ0n) is 19.5. The summed E-state index contributed by atoms with van der Waals surface area (Å²) in [7, 11) is 0. The number of H-pyrrole nitrogens is 1. The van der Waals surface area contributed by atoms with Gasteiger partial charge in [-0.05, 0) is 40.3 Å². The third-order valence-electron chi connectivity index (χ3n) is 5.82. The molecule has 35 heavy (non-hydrogen) atoms. The van der Waals surface area contributed by atoms with Gasteiger partial charge in [-0.2, -0.15) is 4.98 Å². The minimum Gasteiger partial charge on any atom is -0.372 e. The van der Waals surface area contributed by atoms with Gasteiger partial charge in [0.2, 0.25) is 0 Å². The van der Waals surface area contributed by atoms with Crippen LogP contribution in [0.15, 0.2) is 77.6 Å². The summed E-state index contributed by atoms with van der Waals surface area (Å²) in [6, 6.07) is 20.5. The molecule has 0 fully saturated rings. The molecule has 0 radical (unpaired) electrons. The maximum Gasteiger partial charge on any atom is 0.348 e. The Labute approximate surface area is 207 Å². The van der Waals surface area contributed by atoms with Crippen LogP contribution in [-0.2, 0) is 15.8 Å². The van der Waals surface area contributed by atoms with Crippen molar-refractivity contribution < 1.29 is 9.90 Å². The summed E-state index contributed by atoms with van der Waals surface area (Å²) in [6.07, 6.45) is 0. The van der Waals surface area contributed by atoms with Crippen LogP contribution in [-0.4, -0.2) is 26.0 Å². The number of halogens is 1. The number of aromatic amines is 1. The Balaban J connectivity index is 1.87. The van der Waals surface area contributed by atoms with Gasteiger partial charge in [0.1, 0.15) is 5.82 Å². The van der Waals surface area contributed by atoms with E-state index in [1.165, 1.54) is 18.2 Å². The van der Waals surface area contributed by atoms with E-state index in [-0.39, 0.29) is 27.6 Å². The van der Waals surface area contributed by atoms with E-state index < -0.39 is 17.2 Å². The van der Waals surface area contributed by atoms with Gasteiger partial charge >= 0.3 is 5.69 Å². The summed E-state index contributed by atoms with van der Waals surface area (Å²) in [6.45, 7) is 6.27. The highest BCUT2D eigenvalue weighted by Crippen LogP contribution is 2.35. The van der Waals surface area contributed by atoms with E-state index in [0.29, 0.717) is 16.7 Å². The van der Waals surface area contributed by atoms with E-state index in [2.05, 4.69) is 35.7 Å². The van der Waals surface area contributed by atoms with E-state index in [4.69, 9.17) is 17.3 Å². The highest BCUT2D eigenvalue weighted by atomic mass is 35.5. The van der Waals surface area contributed by atoms with Gasteiger partial charge in [-0.1, -0.05) is 87.0 Å². The summed E-state index contributed by atoms with van der Waals surface area (Å²) >= 11 is 6.46. The van der Waals surface area contributed by atoms with Gasteiger partial charge < -0.3 is 10.8 Å². The number of nitrogens with one attached hydrogen (secondary N) is 1. The van der Waals surface area contributed by atoms with Crippen LogP contribution in [0.4, 0.5) is 0 Å². The molecule has 0 spiro atoms. The van der Waals surface area contributed by atoms with E-state index in [0.717, 1.165) is 5.56 Å². The number of aliphatic hydroxyl groups is 1. The van der Waals surface area contributed by atoms with Gasteiger partial charge in [0, 0.05) is 11.1 Å². The highest BCUT2D eigenvalue weighted by Gasteiger charge is 2.38. The first-order valence-electron chi connectivity index (χ1n) is 11.0. The number of carbonyl (C=O) groups is 1. The maximum atomic E-state index is 12.5. The van der Waals surface area contributed by atoms with Crippen molar-refractivity contribution in [3.63, 3.8) is 0 Å². The summed E-state index contributed by atoms with van der Waals surface area (Å²) in [5.74, 6) is -0.578. The topological polar surface area (TPSA) is 122 Å². The highest BCUT2D eigenvalue weighted by molar-refractivity contribution is 6.33. The molecule has 0 saturated carbocycles. The number of aromatic nitrogens is 3. The summed E-state index contributed by atoms with van der Waals surface area (Å²) in [5.41, 5.74) is 5.35. The smallest absolute Gasteiger partial charge is 0.348 e. The van der Waals surface area contributed by atoms with Crippen LogP contribution in [0.25, 0.3) is 22.8 Å². The van der Waals surface area contributed by atoms with Gasteiger partial charge in [-0.3, -0.25) is 9.78 Å². The average Bonchev–Trinajstić information content (AvgIpc) is 2.83. The number of nitrogens with zero attached hydrogens (tertiary/aromatic N) is 2. The molecule has 0 aliphatic heterocycles. The molecule has 4 aromatic rings.